The third-order valence-electron chi connectivity index (χ3n) is 5.39. The second kappa shape index (κ2) is 7.44. The standard InChI is InChI=1S/C22H22ClN3O3/c1-13-6-7-14(23)11-17(13)24-22(28)21-20(26-10-4-5-19(26)27)16-12-15(29-3)8-9-18(16)25(21)2/h6-9,11-12H,4-5,10H2,1-3H3,(H,24,28). The van der Waals surface area contributed by atoms with Crippen LogP contribution >= 0.6 is 11.6 Å². The number of rotatable bonds is 4. The summed E-state index contributed by atoms with van der Waals surface area (Å²) in [6.45, 7) is 2.49. The zero-order valence-corrected chi connectivity index (χ0v) is 17.3. The van der Waals surface area contributed by atoms with E-state index >= 15 is 0 Å². The number of ether oxygens (including phenoxy) is 1. The number of aryl methyl sites for hydroxylation is 2. The molecule has 0 spiro atoms. The quantitative estimate of drug-likeness (QED) is 0.686. The van der Waals surface area contributed by atoms with E-state index in [2.05, 4.69) is 5.32 Å². The summed E-state index contributed by atoms with van der Waals surface area (Å²) >= 11 is 6.11. The number of carbonyl (C=O) groups is 2. The minimum atomic E-state index is -0.289. The molecule has 2 heterocycles. The number of amides is 2. The van der Waals surface area contributed by atoms with E-state index in [1.807, 2.05) is 42.8 Å². The summed E-state index contributed by atoms with van der Waals surface area (Å²) in [5, 5.41) is 4.32. The van der Waals surface area contributed by atoms with Gasteiger partial charge in [0, 0.05) is 36.1 Å². The number of aromatic nitrogens is 1. The van der Waals surface area contributed by atoms with Gasteiger partial charge in [-0.1, -0.05) is 17.7 Å². The lowest BCUT2D eigenvalue weighted by Gasteiger charge is -2.18. The summed E-state index contributed by atoms with van der Waals surface area (Å²) in [6, 6.07) is 11.0. The molecule has 1 aliphatic rings. The van der Waals surface area contributed by atoms with E-state index in [1.165, 1.54) is 0 Å². The van der Waals surface area contributed by atoms with E-state index in [0.717, 1.165) is 22.9 Å². The van der Waals surface area contributed by atoms with E-state index in [9.17, 15) is 9.59 Å². The number of carbonyl (C=O) groups excluding carboxylic acids is 2. The number of hydrogen-bond donors (Lipinski definition) is 1. The van der Waals surface area contributed by atoms with Gasteiger partial charge in [0.2, 0.25) is 5.91 Å². The maximum atomic E-state index is 13.4. The predicted octanol–water partition coefficient (Wildman–Crippen LogP) is 4.53. The van der Waals surface area contributed by atoms with E-state index in [0.29, 0.717) is 40.8 Å². The molecule has 0 radical (unpaired) electrons. The maximum Gasteiger partial charge on any atom is 0.274 e. The molecule has 150 valence electrons. The molecule has 29 heavy (non-hydrogen) atoms. The highest BCUT2D eigenvalue weighted by atomic mass is 35.5. The van der Waals surface area contributed by atoms with Gasteiger partial charge in [-0.2, -0.15) is 0 Å². The Morgan fingerprint density at radius 2 is 2.00 bits per heavy atom. The molecule has 0 atom stereocenters. The van der Waals surface area contributed by atoms with Gasteiger partial charge in [-0.05, 0) is 49.2 Å². The fraction of sp³-hybridized carbons (Fsp3) is 0.273. The SMILES string of the molecule is COc1ccc2c(c1)c(N1CCCC1=O)c(C(=O)Nc1cc(Cl)ccc1C)n2C. The van der Waals surface area contributed by atoms with Crippen LogP contribution in [0.5, 0.6) is 5.75 Å². The maximum absolute atomic E-state index is 13.4. The summed E-state index contributed by atoms with van der Waals surface area (Å²) in [4.78, 5) is 27.6. The van der Waals surface area contributed by atoms with E-state index < -0.39 is 0 Å². The van der Waals surface area contributed by atoms with Crippen molar-refractivity contribution in [3.8, 4) is 5.75 Å². The molecule has 0 bridgehead atoms. The third-order valence-corrected chi connectivity index (χ3v) is 5.62. The van der Waals surface area contributed by atoms with Crippen molar-refractivity contribution in [2.75, 3.05) is 23.9 Å². The Labute approximate surface area is 174 Å². The first kappa shape index (κ1) is 19.3. The molecule has 1 saturated heterocycles. The lowest BCUT2D eigenvalue weighted by Crippen LogP contribution is -2.27. The first-order valence-corrected chi connectivity index (χ1v) is 9.83. The second-order valence-electron chi connectivity index (χ2n) is 7.20. The summed E-state index contributed by atoms with van der Waals surface area (Å²) in [5.41, 5.74) is 3.46. The number of fused-ring (bicyclic) bond motifs is 1. The van der Waals surface area contributed by atoms with Gasteiger partial charge in [-0.25, -0.2) is 0 Å². The van der Waals surface area contributed by atoms with Crippen LogP contribution in [0.15, 0.2) is 36.4 Å². The van der Waals surface area contributed by atoms with Gasteiger partial charge in [0.15, 0.2) is 0 Å². The summed E-state index contributed by atoms with van der Waals surface area (Å²) in [7, 11) is 3.43. The van der Waals surface area contributed by atoms with Crippen molar-refractivity contribution in [2.24, 2.45) is 7.05 Å². The molecule has 4 rings (SSSR count). The molecule has 2 aromatic carbocycles. The Bertz CT molecular complexity index is 1140. The molecule has 3 aromatic rings. The van der Waals surface area contributed by atoms with Crippen LogP contribution in [-0.2, 0) is 11.8 Å². The lowest BCUT2D eigenvalue weighted by molar-refractivity contribution is -0.117. The minimum absolute atomic E-state index is 0.0216. The zero-order valence-electron chi connectivity index (χ0n) is 16.6. The molecule has 0 unspecified atom stereocenters. The number of nitrogens with zero attached hydrogens (tertiary/aromatic N) is 2. The van der Waals surface area contributed by atoms with Crippen molar-refractivity contribution in [2.45, 2.75) is 19.8 Å². The fourth-order valence-electron chi connectivity index (χ4n) is 3.86. The van der Waals surface area contributed by atoms with Gasteiger partial charge in [0.25, 0.3) is 5.91 Å². The van der Waals surface area contributed by atoms with Gasteiger partial charge in [0.1, 0.15) is 11.4 Å². The monoisotopic (exact) mass is 411 g/mol. The first-order valence-electron chi connectivity index (χ1n) is 9.45. The summed E-state index contributed by atoms with van der Waals surface area (Å²) in [6.07, 6.45) is 1.25. The summed E-state index contributed by atoms with van der Waals surface area (Å²) < 4.78 is 7.20. The van der Waals surface area contributed by atoms with Crippen LogP contribution in [0.3, 0.4) is 0 Å². The molecular weight excluding hydrogens is 390 g/mol. The van der Waals surface area contributed by atoms with E-state index in [4.69, 9.17) is 16.3 Å². The Morgan fingerprint density at radius 1 is 1.21 bits per heavy atom. The van der Waals surface area contributed by atoms with Crippen LogP contribution in [0.2, 0.25) is 5.02 Å². The molecule has 0 saturated carbocycles. The van der Waals surface area contributed by atoms with Crippen LogP contribution in [0.4, 0.5) is 11.4 Å². The van der Waals surface area contributed by atoms with Crippen molar-refractivity contribution in [1.29, 1.82) is 0 Å². The fourth-order valence-corrected chi connectivity index (χ4v) is 4.03. The number of anilines is 2. The first-order chi connectivity index (χ1) is 13.9. The molecule has 1 fully saturated rings. The highest BCUT2D eigenvalue weighted by Gasteiger charge is 2.31. The molecule has 1 aromatic heterocycles. The average molecular weight is 412 g/mol. The average Bonchev–Trinajstić information content (AvgIpc) is 3.24. The van der Waals surface area contributed by atoms with Gasteiger partial charge in [-0.3, -0.25) is 9.59 Å². The molecule has 2 amide bonds. The molecule has 1 aliphatic heterocycles. The Balaban J connectivity index is 1.88. The largest absolute Gasteiger partial charge is 0.497 e. The normalized spacial score (nSPS) is 13.9. The Kier molecular flexibility index (Phi) is 4.96. The third kappa shape index (κ3) is 3.34. The highest BCUT2D eigenvalue weighted by molar-refractivity contribution is 6.31. The zero-order chi connectivity index (χ0) is 20.7. The van der Waals surface area contributed by atoms with Crippen molar-refractivity contribution < 1.29 is 14.3 Å². The number of nitrogens with one attached hydrogen (secondary N) is 1. The van der Waals surface area contributed by atoms with Crippen molar-refractivity contribution in [3.05, 3.63) is 52.7 Å². The van der Waals surface area contributed by atoms with E-state index in [-0.39, 0.29) is 11.8 Å². The second-order valence-corrected chi connectivity index (χ2v) is 7.64. The minimum Gasteiger partial charge on any atom is -0.497 e. The number of hydrogen-bond acceptors (Lipinski definition) is 3. The van der Waals surface area contributed by atoms with Gasteiger partial charge < -0.3 is 19.5 Å². The predicted molar refractivity (Wildman–Crippen MR) is 115 cm³/mol. The van der Waals surface area contributed by atoms with Crippen molar-refractivity contribution >= 4 is 45.7 Å². The van der Waals surface area contributed by atoms with Crippen LogP contribution in [0.25, 0.3) is 10.9 Å². The van der Waals surface area contributed by atoms with E-state index in [1.54, 1.807) is 24.1 Å². The van der Waals surface area contributed by atoms with Crippen LogP contribution < -0.4 is 15.0 Å². The van der Waals surface area contributed by atoms with Gasteiger partial charge in [0.05, 0.1) is 18.3 Å². The molecule has 6 nitrogen and oxygen atoms in total. The summed E-state index contributed by atoms with van der Waals surface area (Å²) in [5.74, 6) is 0.407. The Hall–Kier alpha value is -2.99. The number of halogens is 1. The number of benzene rings is 2. The van der Waals surface area contributed by atoms with Crippen LogP contribution in [-0.4, -0.2) is 30.0 Å². The van der Waals surface area contributed by atoms with Gasteiger partial charge >= 0.3 is 0 Å². The Morgan fingerprint density at radius 3 is 2.69 bits per heavy atom. The highest BCUT2D eigenvalue weighted by Crippen LogP contribution is 2.38. The smallest absolute Gasteiger partial charge is 0.274 e. The van der Waals surface area contributed by atoms with Crippen molar-refractivity contribution in [1.82, 2.24) is 4.57 Å². The van der Waals surface area contributed by atoms with Gasteiger partial charge in [-0.15, -0.1) is 0 Å². The number of methoxy groups -OCH3 is 1. The molecular formula is C22H22ClN3O3. The van der Waals surface area contributed by atoms with Crippen molar-refractivity contribution in [3.63, 3.8) is 0 Å². The lowest BCUT2D eigenvalue weighted by atomic mass is 10.1. The topological polar surface area (TPSA) is 63.6 Å². The molecule has 0 aliphatic carbocycles. The molecule has 1 N–H and O–H groups in total. The van der Waals surface area contributed by atoms with Crippen LogP contribution in [0.1, 0.15) is 28.9 Å². The van der Waals surface area contributed by atoms with Crippen LogP contribution in [0, 0.1) is 6.92 Å². The molecule has 7 heteroatoms.